The van der Waals surface area contributed by atoms with Gasteiger partial charge in [-0.05, 0) is 25.1 Å². The Morgan fingerprint density at radius 1 is 1.24 bits per heavy atom. The maximum atomic E-state index is 12.6. The number of rotatable bonds is 3. The zero-order chi connectivity index (χ0) is 15.0. The van der Waals surface area contributed by atoms with Gasteiger partial charge in [-0.3, -0.25) is 0 Å². The number of hydrogen-bond acceptors (Lipinski definition) is 5. The second-order valence-corrected chi connectivity index (χ2v) is 6.75. The Balaban J connectivity index is 1.80. The zero-order valence-electron chi connectivity index (χ0n) is 10.9. The molecular weight excluding hydrogens is 319 g/mol. The normalized spacial score (nSPS) is 12.0. The van der Waals surface area contributed by atoms with Crippen molar-refractivity contribution in [1.82, 2.24) is 9.97 Å². The van der Waals surface area contributed by atoms with E-state index >= 15 is 0 Å². The summed E-state index contributed by atoms with van der Waals surface area (Å²) in [5, 5.41) is 4.70. The fourth-order valence-electron chi connectivity index (χ4n) is 1.83. The fraction of sp³-hybridized carbons (Fsp3) is 0.231. The highest BCUT2D eigenvalue weighted by Crippen LogP contribution is 2.34. The van der Waals surface area contributed by atoms with Crippen molar-refractivity contribution in [3.63, 3.8) is 0 Å². The summed E-state index contributed by atoms with van der Waals surface area (Å²) in [6, 6.07) is 3.61. The first kappa shape index (κ1) is 14.3. The van der Waals surface area contributed by atoms with Crippen molar-refractivity contribution in [1.29, 1.82) is 0 Å². The molecule has 21 heavy (non-hydrogen) atoms. The number of aromatic nitrogens is 2. The Morgan fingerprint density at radius 3 is 2.71 bits per heavy atom. The number of aryl methyl sites for hydroxylation is 1. The molecule has 0 aliphatic rings. The Bertz CT molecular complexity index is 776. The molecule has 3 aromatic rings. The molecule has 0 atom stereocenters. The molecule has 0 saturated carbocycles. The zero-order valence-corrected chi connectivity index (χ0v) is 12.5. The van der Waals surface area contributed by atoms with Crippen molar-refractivity contribution in [2.24, 2.45) is 0 Å². The third-order valence-corrected chi connectivity index (χ3v) is 4.70. The minimum atomic E-state index is -4.34. The van der Waals surface area contributed by atoms with Gasteiger partial charge in [0.15, 0.2) is 5.13 Å². The molecule has 2 aromatic heterocycles. The van der Waals surface area contributed by atoms with Crippen LogP contribution in [0.5, 0.6) is 0 Å². The molecular formula is C13H10F3N3S2. The molecule has 0 spiro atoms. The average molecular weight is 329 g/mol. The lowest BCUT2D eigenvalue weighted by atomic mass is 10.2. The van der Waals surface area contributed by atoms with Crippen molar-refractivity contribution in [3.8, 4) is 0 Å². The SMILES string of the molecule is Cc1ncc(CNc2nc3cc(C(F)(F)F)ccc3s2)s1. The molecule has 8 heteroatoms. The van der Waals surface area contributed by atoms with Crippen LogP contribution in [0, 0.1) is 6.92 Å². The molecule has 0 bridgehead atoms. The summed E-state index contributed by atoms with van der Waals surface area (Å²) < 4.78 is 38.7. The van der Waals surface area contributed by atoms with Crippen LogP contribution in [0.25, 0.3) is 10.2 Å². The van der Waals surface area contributed by atoms with Gasteiger partial charge in [0.25, 0.3) is 0 Å². The molecule has 1 N–H and O–H groups in total. The van der Waals surface area contributed by atoms with Gasteiger partial charge in [-0.2, -0.15) is 13.2 Å². The largest absolute Gasteiger partial charge is 0.416 e. The Labute approximate surface area is 126 Å². The van der Waals surface area contributed by atoms with E-state index in [2.05, 4.69) is 15.3 Å². The van der Waals surface area contributed by atoms with E-state index in [4.69, 9.17) is 0 Å². The molecule has 1 aromatic carbocycles. The standard InChI is InChI=1S/C13H10F3N3S2/c1-7-17-5-9(20-7)6-18-12-19-10-4-8(13(14,15)16)2-3-11(10)21-12/h2-5H,6H2,1H3,(H,18,19). The van der Waals surface area contributed by atoms with E-state index in [0.717, 1.165) is 26.7 Å². The summed E-state index contributed by atoms with van der Waals surface area (Å²) in [7, 11) is 0. The minimum Gasteiger partial charge on any atom is -0.357 e. The summed E-state index contributed by atoms with van der Waals surface area (Å²) in [5.74, 6) is 0. The summed E-state index contributed by atoms with van der Waals surface area (Å²) in [6.07, 6.45) is -2.56. The fourth-order valence-corrected chi connectivity index (χ4v) is 3.41. The summed E-state index contributed by atoms with van der Waals surface area (Å²) in [4.78, 5) is 9.41. The number of anilines is 1. The van der Waals surface area contributed by atoms with Crippen LogP contribution in [-0.2, 0) is 12.7 Å². The van der Waals surface area contributed by atoms with Crippen LogP contribution in [0.3, 0.4) is 0 Å². The van der Waals surface area contributed by atoms with Crippen LogP contribution in [0.15, 0.2) is 24.4 Å². The number of fused-ring (bicyclic) bond motifs is 1. The summed E-state index contributed by atoms with van der Waals surface area (Å²) >= 11 is 2.91. The van der Waals surface area contributed by atoms with Crippen molar-refractivity contribution in [2.75, 3.05) is 5.32 Å². The summed E-state index contributed by atoms with van der Waals surface area (Å²) in [6.45, 7) is 2.49. The number of hydrogen-bond donors (Lipinski definition) is 1. The Morgan fingerprint density at radius 2 is 2.05 bits per heavy atom. The molecule has 3 rings (SSSR count). The van der Waals surface area contributed by atoms with Gasteiger partial charge in [-0.1, -0.05) is 11.3 Å². The molecule has 0 aliphatic carbocycles. The Kier molecular flexibility index (Phi) is 3.58. The quantitative estimate of drug-likeness (QED) is 0.757. The second-order valence-electron chi connectivity index (χ2n) is 4.40. The minimum absolute atomic E-state index is 0.359. The van der Waals surface area contributed by atoms with Crippen LogP contribution in [-0.4, -0.2) is 9.97 Å². The summed E-state index contributed by atoms with van der Waals surface area (Å²) in [5.41, 5.74) is -0.317. The van der Waals surface area contributed by atoms with Crippen LogP contribution >= 0.6 is 22.7 Å². The molecule has 0 saturated heterocycles. The highest BCUT2D eigenvalue weighted by molar-refractivity contribution is 7.22. The van der Waals surface area contributed by atoms with Gasteiger partial charge in [0, 0.05) is 11.1 Å². The first-order valence-electron chi connectivity index (χ1n) is 6.05. The van der Waals surface area contributed by atoms with E-state index in [9.17, 15) is 13.2 Å². The van der Waals surface area contributed by atoms with Gasteiger partial charge >= 0.3 is 6.18 Å². The maximum Gasteiger partial charge on any atom is 0.416 e. The first-order chi connectivity index (χ1) is 9.91. The molecule has 110 valence electrons. The lowest BCUT2D eigenvalue weighted by Gasteiger charge is -2.04. The third-order valence-electron chi connectivity index (χ3n) is 2.80. The number of thiazole rings is 2. The molecule has 3 nitrogen and oxygen atoms in total. The lowest BCUT2D eigenvalue weighted by molar-refractivity contribution is -0.137. The van der Waals surface area contributed by atoms with Gasteiger partial charge in [-0.25, -0.2) is 9.97 Å². The van der Waals surface area contributed by atoms with Gasteiger partial charge in [0.1, 0.15) is 0 Å². The van der Waals surface area contributed by atoms with Gasteiger partial charge in [0.05, 0.1) is 27.3 Å². The molecule has 0 fully saturated rings. The number of alkyl halides is 3. The van der Waals surface area contributed by atoms with Crippen LogP contribution in [0.1, 0.15) is 15.4 Å². The molecule has 0 radical (unpaired) electrons. The van der Waals surface area contributed by atoms with E-state index < -0.39 is 11.7 Å². The van der Waals surface area contributed by atoms with E-state index in [1.165, 1.54) is 17.4 Å². The first-order valence-corrected chi connectivity index (χ1v) is 7.68. The number of benzene rings is 1. The van der Waals surface area contributed by atoms with Gasteiger partial charge in [0.2, 0.25) is 0 Å². The second kappa shape index (κ2) is 5.27. The van der Waals surface area contributed by atoms with Gasteiger partial charge < -0.3 is 5.32 Å². The van der Waals surface area contributed by atoms with Crippen LogP contribution in [0.4, 0.5) is 18.3 Å². The smallest absolute Gasteiger partial charge is 0.357 e. The molecule has 0 aliphatic heterocycles. The number of nitrogens with one attached hydrogen (secondary N) is 1. The van der Waals surface area contributed by atoms with Crippen LogP contribution in [0.2, 0.25) is 0 Å². The predicted molar refractivity (Wildman–Crippen MR) is 78.8 cm³/mol. The monoisotopic (exact) mass is 329 g/mol. The van der Waals surface area contributed by atoms with Crippen LogP contribution < -0.4 is 5.32 Å². The average Bonchev–Trinajstić information content (AvgIpc) is 2.99. The molecule has 0 amide bonds. The molecule has 0 unspecified atom stereocenters. The highest BCUT2D eigenvalue weighted by Gasteiger charge is 2.30. The maximum absolute atomic E-state index is 12.6. The van der Waals surface area contributed by atoms with Gasteiger partial charge in [-0.15, -0.1) is 11.3 Å². The van der Waals surface area contributed by atoms with E-state index in [-0.39, 0.29) is 0 Å². The Hall–Kier alpha value is -1.67. The van der Waals surface area contributed by atoms with Crippen molar-refractivity contribution >= 4 is 38.0 Å². The predicted octanol–water partition coefficient (Wildman–Crippen LogP) is 4.69. The van der Waals surface area contributed by atoms with Crippen molar-refractivity contribution < 1.29 is 13.2 Å². The molecule has 2 heterocycles. The number of nitrogens with zero attached hydrogens (tertiary/aromatic N) is 2. The lowest BCUT2D eigenvalue weighted by Crippen LogP contribution is -2.04. The topological polar surface area (TPSA) is 37.8 Å². The number of halogens is 3. The van der Waals surface area contributed by atoms with E-state index in [0.29, 0.717) is 17.2 Å². The third kappa shape index (κ3) is 3.16. The van der Waals surface area contributed by atoms with Crippen molar-refractivity contribution in [3.05, 3.63) is 39.8 Å². The van der Waals surface area contributed by atoms with E-state index in [1.807, 2.05) is 6.92 Å². The highest BCUT2D eigenvalue weighted by atomic mass is 32.1. The van der Waals surface area contributed by atoms with E-state index in [1.54, 1.807) is 17.5 Å². The van der Waals surface area contributed by atoms with Crippen molar-refractivity contribution in [2.45, 2.75) is 19.6 Å².